The number of amides is 1. The van der Waals surface area contributed by atoms with Gasteiger partial charge in [0.15, 0.2) is 18.1 Å². The van der Waals surface area contributed by atoms with Crippen LogP contribution in [0.3, 0.4) is 0 Å². The van der Waals surface area contributed by atoms with Crippen molar-refractivity contribution in [2.24, 2.45) is 0 Å². The van der Waals surface area contributed by atoms with Crippen molar-refractivity contribution in [1.82, 2.24) is 5.32 Å². The molecule has 3 aromatic rings. The Kier molecular flexibility index (Phi) is 8.84. The molecule has 0 saturated carbocycles. The summed E-state index contributed by atoms with van der Waals surface area (Å²) in [7, 11) is -0.459. The molecule has 0 radical (unpaired) electrons. The van der Waals surface area contributed by atoms with Crippen LogP contribution in [0.5, 0.6) is 17.2 Å². The van der Waals surface area contributed by atoms with Crippen LogP contribution in [0.1, 0.15) is 11.1 Å². The van der Waals surface area contributed by atoms with Crippen LogP contribution in [0.2, 0.25) is 5.02 Å². The largest absolute Gasteiger partial charge is 0.493 e. The highest BCUT2D eigenvalue weighted by molar-refractivity contribution is 7.92. The molecule has 0 bridgehead atoms. The van der Waals surface area contributed by atoms with Crippen molar-refractivity contribution in [2.45, 2.75) is 13.1 Å². The molecular weight excluding hydrogens is 492 g/mol. The Balaban J connectivity index is 1.58. The highest BCUT2D eigenvalue weighted by atomic mass is 35.5. The normalized spacial score (nSPS) is 11.0. The third kappa shape index (κ3) is 7.27. The SMILES string of the molecule is COc1ccc(CNC(=O)COc2ccc(N(Cc3ccccc3Cl)S(C)(=O)=O)cc2)cc1OC. The first-order valence-corrected chi connectivity index (χ1v) is 12.9. The molecule has 0 aliphatic rings. The molecule has 8 nitrogen and oxygen atoms in total. The second kappa shape index (κ2) is 11.8. The average molecular weight is 519 g/mol. The maximum Gasteiger partial charge on any atom is 0.258 e. The fraction of sp³-hybridized carbons (Fsp3) is 0.240. The van der Waals surface area contributed by atoms with E-state index in [1.807, 2.05) is 6.07 Å². The van der Waals surface area contributed by atoms with Gasteiger partial charge < -0.3 is 19.5 Å². The van der Waals surface area contributed by atoms with Crippen LogP contribution < -0.4 is 23.8 Å². The number of rotatable bonds is 11. The Morgan fingerprint density at radius 2 is 1.66 bits per heavy atom. The first kappa shape index (κ1) is 26.2. The van der Waals surface area contributed by atoms with E-state index >= 15 is 0 Å². The van der Waals surface area contributed by atoms with Gasteiger partial charge >= 0.3 is 0 Å². The monoisotopic (exact) mass is 518 g/mol. The summed E-state index contributed by atoms with van der Waals surface area (Å²) < 4.78 is 42.1. The van der Waals surface area contributed by atoms with Crippen molar-refractivity contribution in [3.05, 3.63) is 82.9 Å². The van der Waals surface area contributed by atoms with Gasteiger partial charge in [0.2, 0.25) is 10.0 Å². The molecule has 35 heavy (non-hydrogen) atoms. The fourth-order valence-electron chi connectivity index (χ4n) is 3.28. The minimum atomic E-state index is -3.56. The lowest BCUT2D eigenvalue weighted by Gasteiger charge is -2.23. The highest BCUT2D eigenvalue weighted by Crippen LogP contribution is 2.28. The van der Waals surface area contributed by atoms with E-state index < -0.39 is 10.0 Å². The third-order valence-corrected chi connectivity index (χ3v) is 6.61. The summed E-state index contributed by atoms with van der Waals surface area (Å²) in [6.45, 7) is 0.201. The molecule has 186 valence electrons. The number of halogens is 1. The molecule has 1 amide bonds. The van der Waals surface area contributed by atoms with Crippen molar-refractivity contribution in [2.75, 3.05) is 31.4 Å². The molecule has 0 unspecified atom stereocenters. The van der Waals surface area contributed by atoms with Gasteiger partial charge in [0.05, 0.1) is 32.7 Å². The van der Waals surface area contributed by atoms with Gasteiger partial charge in [0.1, 0.15) is 5.75 Å². The zero-order valence-electron chi connectivity index (χ0n) is 19.7. The zero-order valence-corrected chi connectivity index (χ0v) is 21.2. The Morgan fingerprint density at radius 1 is 0.971 bits per heavy atom. The lowest BCUT2D eigenvalue weighted by Crippen LogP contribution is -2.29. The summed E-state index contributed by atoms with van der Waals surface area (Å²) in [4.78, 5) is 12.2. The van der Waals surface area contributed by atoms with Crippen molar-refractivity contribution < 1.29 is 27.4 Å². The number of nitrogens with zero attached hydrogens (tertiary/aromatic N) is 1. The van der Waals surface area contributed by atoms with E-state index in [4.69, 9.17) is 25.8 Å². The minimum absolute atomic E-state index is 0.0945. The number of hydrogen-bond acceptors (Lipinski definition) is 6. The van der Waals surface area contributed by atoms with Gasteiger partial charge in [0, 0.05) is 11.6 Å². The summed E-state index contributed by atoms with van der Waals surface area (Å²) in [5.74, 6) is 1.31. The van der Waals surface area contributed by atoms with Crippen LogP contribution in [0.4, 0.5) is 5.69 Å². The standard InChI is InChI=1S/C25H27ClN2O6S/c1-32-23-13-8-18(14-24(23)33-2)15-27-25(29)17-34-21-11-9-20(10-12-21)28(35(3,30)31)16-19-6-4-5-7-22(19)26/h4-14H,15-17H2,1-3H3,(H,27,29). The maximum absolute atomic E-state index is 12.4. The van der Waals surface area contributed by atoms with Gasteiger partial charge in [-0.25, -0.2) is 8.42 Å². The number of hydrogen-bond donors (Lipinski definition) is 1. The van der Waals surface area contributed by atoms with Crippen LogP contribution in [0.15, 0.2) is 66.7 Å². The van der Waals surface area contributed by atoms with Crippen LogP contribution in [0, 0.1) is 0 Å². The molecule has 0 spiro atoms. The van der Waals surface area contributed by atoms with Crippen molar-refractivity contribution in [3.63, 3.8) is 0 Å². The van der Waals surface area contributed by atoms with Gasteiger partial charge in [-0.3, -0.25) is 9.10 Å². The topological polar surface area (TPSA) is 94.2 Å². The predicted molar refractivity (Wildman–Crippen MR) is 136 cm³/mol. The number of sulfonamides is 1. The molecule has 0 heterocycles. The first-order valence-electron chi connectivity index (χ1n) is 10.6. The van der Waals surface area contributed by atoms with E-state index in [0.29, 0.717) is 40.1 Å². The number of ether oxygens (including phenoxy) is 3. The molecule has 3 rings (SSSR count). The molecule has 1 N–H and O–H groups in total. The number of carbonyl (C=O) groups is 1. The lowest BCUT2D eigenvalue weighted by atomic mass is 10.2. The second-order valence-electron chi connectivity index (χ2n) is 7.61. The van der Waals surface area contributed by atoms with Crippen molar-refractivity contribution in [1.29, 1.82) is 0 Å². The maximum atomic E-state index is 12.4. The number of anilines is 1. The zero-order chi connectivity index (χ0) is 25.4. The Labute approximate surface area is 210 Å². The van der Waals surface area contributed by atoms with E-state index in [2.05, 4.69) is 5.32 Å². The summed E-state index contributed by atoms with van der Waals surface area (Å²) in [5, 5.41) is 3.27. The smallest absolute Gasteiger partial charge is 0.258 e. The third-order valence-electron chi connectivity index (χ3n) is 5.10. The molecule has 0 aromatic heterocycles. The Bertz CT molecular complexity index is 1270. The van der Waals surface area contributed by atoms with Crippen LogP contribution >= 0.6 is 11.6 Å². The summed E-state index contributed by atoms with van der Waals surface area (Å²) >= 11 is 6.20. The second-order valence-corrected chi connectivity index (χ2v) is 9.92. The number of methoxy groups -OCH3 is 2. The van der Waals surface area contributed by atoms with E-state index in [9.17, 15) is 13.2 Å². The number of benzene rings is 3. The van der Waals surface area contributed by atoms with Gasteiger partial charge in [-0.2, -0.15) is 0 Å². The molecular formula is C25H27ClN2O6S. The summed E-state index contributed by atoms with van der Waals surface area (Å²) in [6.07, 6.45) is 1.14. The fourth-order valence-corrected chi connectivity index (χ4v) is 4.35. The molecule has 0 saturated heterocycles. The lowest BCUT2D eigenvalue weighted by molar-refractivity contribution is -0.123. The molecule has 0 atom stereocenters. The van der Waals surface area contributed by atoms with Gasteiger partial charge in [-0.05, 0) is 53.6 Å². The number of nitrogens with one attached hydrogen (secondary N) is 1. The van der Waals surface area contributed by atoms with Crippen molar-refractivity contribution >= 4 is 33.2 Å². The Hall–Kier alpha value is -3.43. The first-order chi connectivity index (χ1) is 16.7. The summed E-state index contributed by atoms with van der Waals surface area (Å²) in [6, 6.07) is 18.9. The molecule has 10 heteroatoms. The molecule has 0 aliphatic carbocycles. The highest BCUT2D eigenvalue weighted by Gasteiger charge is 2.19. The van der Waals surface area contributed by atoms with E-state index in [1.54, 1.807) is 74.9 Å². The van der Waals surface area contributed by atoms with Gasteiger partial charge in [0.25, 0.3) is 5.91 Å². The summed E-state index contributed by atoms with van der Waals surface area (Å²) in [5.41, 5.74) is 1.99. The quantitative estimate of drug-likeness (QED) is 0.412. The van der Waals surface area contributed by atoms with Gasteiger partial charge in [-0.1, -0.05) is 35.9 Å². The Morgan fingerprint density at radius 3 is 2.29 bits per heavy atom. The molecule has 0 fully saturated rings. The van der Waals surface area contributed by atoms with Crippen molar-refractivity contribution in [3.8, 4) is 17.2 Å². The molecule has 0 aliphatic heterocycles. The van der Waals surface area contributed by atoms with Crippen LogP contribution in [0.25, 0.3) is 0 Å². The van der Waals surface area contributed by atoms with Crippen LogP contribution in [-0.2, 0) is 27.9 Å². The molecule has 3 aromatic carbocycles. The predicted octanol–water partition coefficient (Wildman–Crippen LogP) is 4.02. The van der Waals surface area contributed by atoms with E-state index in [1.165, 1.54) is 4.31 Å². The van der Waals surface area contributed by atoms with Gasteiger partial charge in [-0.15, -0.1) is 0 Å². The van der Waals surface area contributed by atoms with Crippen LogP contribution in [-0.4, -0.2) is 41.4 Å². The van der Waals surface area contributed by atoms with E-state index in [0.717, 1.165) is 11.8 Å². The number of carbonyl (C=O) groups excluding carboxylic acids is 1. The average Bonchev–Trinajstić information content (AvgIpc) is 2.85. The van der Waals surface area contributed by atoms with E-state index in [-0.39, 0.29) is 19.1 Å². The minimum Gasteiger partial charge on any atom is -0.493 e.